The van der Waals surface area contributed by atoms with Gasteiger partial charge in [-0.3, -0.25) is 0 Å². The number of thiocarbonyl (C=S) groups is 1. The van der Waals surface area contributed by atoms with Crippen LogP contribution in [0.4, 0.5) is 0 Å². The van der Waals surface area contributed by atoms with Gasteiger partial charge in [-0.2, -0.15) is 0 Å². The van der Waals surface area contributed by atoms with E-state index in [-0.39, 0.29) is 9.88 Å². The molecule has 0 fully saturated rings. The Labute approximate surface area is 119 Å². The highest BCUT2D eigenvalue weighted by Gasteiger charge is 2.13. The van der Waals surface area contributed by atoms with Crippen LogP contribution in [-0.2, 0) is 10.0 Å². The Morgan fingerprint density at radius 1 is 1.32 bits per heavy atom. The van der Waals surface area contributed by atoms with Crippen LogP contribution in [0.2, 0.25) is 0 Å². The van der Waals surface area contributed by atoms with Gasteiger partial charge in [0.15, 0.2) is 0 Å². The number of benzene rings is 1. The smallest absolute Gasteiger partial charge is 0.240 e. The van der Waals surface area contributed by atoms with Crippen LogP contribution in [0.5, 0.6) is 0 Å². The van der Waals surface area contributed by atoms with Gasteiger partial charge in [-0.25, -0.2) is 13.1 Å². The first kappa shape index (κ1) is 16.0. The van der Waals surface area contributed by atoms with Crippen molar-refractivity contribution >= 4 is 27.2 Å². The lowest BCUT2D eigenvalue weighted by Gasteiger charge is -2.10. The van der Waals surface area contributed by atoms with Gasteiger partial charge in [-0.15, -0.1) is 0 Å². The number of rotatable bonds is 7. The molecule has 1 rings (SSSR count). The third-order valence-corrected chi connectivity index (χ3v) is 4.24. The maximum absolute atomic E-state index is 12.0. The molecule has 0 unspecified atom stereocenters. The van der Waals surface area contributed by atoms with Crippen LogP contribution in [0.15, 0.2) is 29.2 Å². The molecule has 0 saturated carbocycles. The molecule has 19 heavy (non-hydrogen) atoms. The Bertz CT molecular complexity index is 524. The number of sulfonamides is 1. The van der Waals surface area contributed by atoms with Crippen molar-refractivity contribution in [2.75, 3.05) is 27.2 Å². The Hall–Kier alpha value is -1.02. The molecule has 0 bridgehead atoms. The molecule has 1 aromatic rings. The fourth-order valence-electron chi connectivity index (χ4n) is 1.48. The predicted octanol–water partition coefficient (Wildman–Crippen LogP) is 0.551. The van der Waals surface area contributed by atoms with E-state index in [0.29, 0.717) is 12.1 Å². The van der Waals surface area contributed by atoms with Crippen LogP contribution < -0.4 is 10.5 Å². The summed E-state index contributed by atoms with van der Waals surface area (Å²) < 4.78 is 26.5. The molecule has 0 saturated heterocycles. The molecule has 1 aromatic carbocycles. The highest BCUT2D eigenvalue weighted by atomic mass is 32.2. The summed E-state index contributed by atoms with van der Waals surface area (Å²) in [4.78, 5) is 2.48. The first-order chi connectivity index (χ1) is 8.83. The van der Waals surface area contributed by atoms with E-state index in [4.69, 9.17) is 18.0 Å². The van der Waals surface area contributed by atoms with Crippen molar-refractivity contribution in [3.8, 4) is 0 Å². The largest absolute Gasteiger partial charge is 0.389 e. The third-order valence-electron chi connectivity index (χ3n) is 2.52. The van der Waals surface area contributed by atoms with Gasteiger partial charge in [0.25, 0.3) is 0 Å². The molecule has 0 heterocycles. The first-order valence-corrected chi connectivity index (χ1v) is 7.76. The van der Waals surface area contributed by atoms with Crippen LogP contribution in [0.25, 0.3) is 0 Å². The third kappa shape index (κ3) is 5.23. The molecule has 0 aromatic heterocycles. The SMILES string of the molecule is CN(C)CCCNS(=O)(=O)c1ccc(C(N)=S)cc1. The molecular weight excluding hydrogens is 282 g/mol. The molecule has 0 amide bonds. The molecule has 5 nitrogen and oxygen atoms in total. The van der Waals surface area contributed by atoms with E-state index in [0.717, 1.165) is 13.0 Å². The zero-order chi connectivity index (χ0) is 14.5. The quantitative estimate of drug-likeness (QED) is 0.568. The van der Waals surface area contributed by atoms with Gasteiger partial charge < -0.3 is 10.6 Å². The number of hydrogen-bond acceptors (Lipinski definition) is 4. The van der Waals surface area contributed by atoms with E-state index in [2.05, 4.69) is 4.72 Å². The van der Waals surface area contributed by atoms with Gasteiger partial charge in [0, 0.05) is 12.1 Å². The Kier molecular flexibility index (Phi) is 5.86. The minimum absolute atomic E-state index is 0.220. The molecule has 0 aliphatic heterocycles. The Morgan fingerprint density at radius 2 is 1.89 bits per heavy atom. The van der Waals surface area contributed by atoms with Gasteiger partial charge in [0.05, 0.1) is 4.90 Å². The van der Waals surface area contributed by atoms with Gasteiger partial charge in [0.1, 0.15) is 4.99 Å². The number of hydrogen-bond donors (Lipinski definition) is 2. The van der Waals surface area contributed by atoms with Crippen LogP contribution in [0.3, 0.4) is 0 Å². The lowest BCUT2D eigenvalue weighted by molar-refractivity contribution is 0.400. The second-order valence-corrected chi connectivity index (χ2v) is 6.65. The van der Waals surface area contributed by atoms with Crippen molar-refractivity contribution in [1.82, 2.24) is 9.62 Å². The molecule has 0 spiro atoms. The molecule has 106 valence electrons. The van der Waals surface area contributed by atoms with Crippen LogP contribution in [0, 0.1) is 0 Å². The lowest BCUT2D eigenvalue weighted by Crippen LogP contribution is -2.27. The van der Waals surface area contributed by atoms with E-state index in [1.807, 2.05) is 19.0 Å². The molecule has 3 N–H and O–H groups in total. The second kappa shape index (κ2) is 6.95. The summed E-state index contributed by atoms with van der Waals surface area (Å²) in [7, 11) is 0.441. The monoisotopic (exact) mass is 301 g/mol. The molecule has 0 radical (unpaired) electrons. The van der Waals surface area contributed by atoms with Gasteiger partial charge in [-0.05, 0) is 39.2 Å². The Balaban J connectivity index is 2.64. The van der Waals surface area contributed by atoms with E-state index < -0.39 is 10.0 Å². The zero-order valence-corrected chi connectivity index (χ0v) is 12.7. The van der Waals surface area contributed by atoms with Crippen molar-refractivity contribution in [3.63, 3.8) is 0 Å². The normalized spacial score (nSPS) is 11.7. The second-order valence-electron chi connectivity index (χ2n) is 4.44. The zero-order valence-electron chi connectivity index (χ0n) is 11.1. The van der Waals surface area contributed by atoms with E-state index in [1.165, 1.54) is 12.1 Å². The van der Waals surface area contributed by atoms with Crippen molar-refractivity contribution in [2.24, 2.45) is 5.73 Å². The maximum Gasteiger partial charge on any atom is 0.240 e. The molecule has 0 aliphatic rings. The van der Waals surface area contributed by atoms with Crippen molar-refractivity contribution in [1.29, 1.82) is 0 Å². The maximum atomic E-state index is 12.0. The summed E-state index contributed by atoms with van der Waals surface area (Å²) in [6.07, 6.45) is 0.761. The van der Waals surface area contributed by atoms with Gasteiger partial charge >= 0.3 is 0 Å². The minimum Gasteiger partial charge on any atom is -0.389 e. The van der Waals surface area contributed by atoms with Crippen molar-refractivity contribution in [3.05, 3.63) is 29.8 Å². The van der Waals surface area contributed by atoms with Crippen LogP contribution in [0.1, 0.15) is 12.0 Å². The highest BCUT2D eigenvalue weighted by Crippen LogP contribution is 2.10. The van der Waals surface area contributed by atoms with Gasteiger partial charge in [-0.1, -0.05) is 24.4 Å². The summed E-state index contributed by atoms with van der Waals surface area (Å²) in [5.41, 5.74) is 6.12. The van der Waals surface area contributed by atoms with Crippen LogP contribution in [-0.4, -0.2) is 45.5 Å². The number of nitrogens with one attached hydrogen (secondary N) is 1. The fraction of sp³-hybridized carbons (Fsp3) is 0.417. The van der Waals surface area contributed by atoms with E-state index in [9.17, 15) is 8.42 Å². The summed E-state index contributed by atoms with van der Waals surface area (Å²) in [6.45, 7) is 1.25. The lowest BCUT2D eigenvalue weighted by atomic mass is 10.2. The molecule has 0 atom stereocenters. The first-order valence-electron chi connectivity index (χ1n) is 5.87. The molecule has 0 aliphatic carbocycles. The number of nitrogens with two attached hydrogens (primary N) is 1. The summed E-state index contributed by atoms with van der Waals surface area (Å²) in [5, 5.41) is 0. The van der Waals surface area contributed by atoms with Crippen molar-refractivity contribution in [2.45, 2.75) is 11.3 Å². The standard InChI is InChI=1S/C12H19N3O2S2/c1-15(2)9-3-8-14-19(16,17)11-6-4-10(5-7-11)12(13)18/h4-7,14H,3,8-9H2,1-2H3,(H2,13,18). The summed E-state index contributed by atoms with van der Waals surface area (Å²) in [5.74, 6) is 0. The molecular formula is C12H19N3O2S2. The fourth-order valence-corrected chi connectivity index (χ4v) is 2.69. The summed E-state index contributed by atoms with van der Waals surface area (Å²) >= 11 is 4.82. The average molecular weight is 301 g/mol. The van der Waals surface area contributed by atoms with E-state index >= 15 is 0 Å². The highest BCUT2D eigenvalue weighted by molar-refractivity contribution is 7.89. The summed E-state index contributed by atoms with van der Waals surface area (Å²) in [6, 6.07) is 6.22. The average Bonchev–Trinajstić information content (AvgIpc) is 2.34. The van der Waals surface area contributed by atoms with Gasteiger partial charge in [0.2, 0.25) is 10.0 Å². The van der Waals surface area contributed by atoms with Crippen LogP contribution >= 0.6 is 12.2 Å². The van der Waals surface area contributed by atoms with E-state index in [1.54, 1.807) is 12.1 Å². The molecule has 7 heteroatoms. The topological polar surface area (TPSA) is 75.4 Å². The Morgan fingerprint density at radius 3 is 2.37 bits per heavy atom. The number of nitrogens with zero attached hydrogens (tertiary/aromatic N) is 1. The van der Waals surface area contributed by atoms with Crippen molar-refractivity contribution < 1.29 is 8.42 Å². The minimum atomic E-state index is -3.45. The predicted molar refractivity (Wildman–Crippen MR) is 80.7 cm³/mol.